The fourth-order valence-corrected chi connectivity index (χ4v) is 3.10. The lowest BCUT2D eigenvalue weighted by Gasteiger charge is -2.28. The van der Waals surface area contributed by atoms with Crippen molar-refractivity contribution in [2.45, 2.75) is 39.3 Å². The molecular formula is C23H26N2O4. The van der Waals surface area contributed by atoms with Gasteiger partial charge in [-0.1, -0.05) is 55.8 Å². The summed E-state index contributed by atoms with van der Waals surface area (Å²) < 4.78 is 11.2. The van der Waals surface area contributed by atoms with Crippen LogP contribution in [0, 0.1) is 0 Å². The highest BCUT2D eigenvalue weighted by molar-refractivity contribution is 5.95. The first-order valence-corrected chi connectivity index (χ1v) is 9.80. The average Bonchev–Trinajstić information content (AvgIpc) is 2.73. The SMILES string of the molecule is CCCCOC(=O)C1=C(C)NC(=O)N[C@@H]1c1ccc(OCc2ccccc2)cc1. The number of unbranched alkanes of at least 4 members (excludes halogenated alkanes) is 1. The van der Waals surface area contributed by atoms with Gasteiger partial charge in [0.15, 0.2) is 0 Å². The van der Waals surface area contributed by atoms with Crippen molar-refractivity contribution in [3.8, 4) is 5.75 Å². The van der Waals surface area contributed by atoms with E-state index in [0.29, 0.717) is 30.2 Å². The number of hydrogen-bond acceptors (Lipinski definition) is 4. The lowest BCUT2D eigenvalue weighted by Crippen LogP contribution is -2.45. The van der Waals surface area contributed by atoms with E-state index in [0.717, 1.165) is 24.0 Å². The van der Waals surface area contributed by atoms with E-state index in [4.69, 9.17) is 9.47 Å². The first kappa shape index (κ1) is 20.5. The molecule has 2 amide bonds. The molecule has 0 radical (unpaired) electrons. The van der Waals surface area contributed by atoms with Crippen molar-refractivity contribution in [1.82, 2.24) is 10.6 Å². The summed E-state index contributed by atoms with van der Waals surface area (Å²) in [7, 11) is 0. The van der Waals surface area contributed by atoms with E-state index in [-0.39, 0.29) is 6.03 Å². The lowest BCUT2D eigenvalue weighted by atomic mass is 9.95. The molecule has 2 N–H and O–H groups in total. The minimum absolute atomic E-state index is 0.345. The summed E-state index contributed by atoms with van der Waals surface area (Å²) in [5.74, 6) is 0.295. The van der Waals surface area contributed by atoms with Crippen LogP contribution in [0.2, 0.25) is 0 Å². The van der Waals surface area contributed by atoms with E-state index < -0.39 is 12.0 Å². The van der Waals surface area contributed by atoms with Crippen molar-refractivity contribution in [2.75, 3.05) is 6.61 Å². The molecule has 0 saturated carbocycles. The van der Waals surface area contributed by atoms with E-state index in [1.165, 1.54) is 0 Å². The average molecular weight is 394 g/mol. The molecule has 3 rings (SSSR count). The minimum atomic E-state index is -0.568. The molecule has 6 heteroatoms. The highest BCUT2D eigenvalue weighted by atomic mass is 16.5. The zero-order valence-corrected chi connectivity index (χ0v) is 16.7. The van der Waals surface area contributed by atoms with Gasteiger partial charge in [0.2, 0.25) is 0 Å². The number of nitrogens with one attached hydrogen (secondary N) is 2. The third-order valence-electron chi connectivity index (χ3n) is 4.68. The van der Waals surface area contributed by atoms with Gasteiger partial charge in [-0.15, -0.1) is 0 Å². The minimum Gasteiger partial charge on any atom is -0.489 e. The number of carbonyl (C=O) groups is 2. The molecule has 0 spiro atoms. The number of benzene rings is 2. The van der Waals surface area contributed by atoms with Gasteiger partial charge in [0.1, 0.15) is 12.4 Å². The van der Waals surface area contributed by atoms with E-state index in [1.54, 1.807) is 6.92 Å². The summed E-state index contributed by atoms with van der Waals surface area (Å²) in [6.45, 7) is 4.57. The van der Waals surface area contributed by atoms with Gasteiger partial charge < -0.3 is 20.1 Å². The number of ether oxygens (including phenoxy) is 2. The number of amides is 2. The molecule has 0 unspecified atom stereocenters. The normalized spacial score (nSPS) is 16.1. The predicted molar refractivity (Wildman–Crippen MR) is 110 cm³/mol. The van der Waals surface area contributed by atoms with Crippen molar-refractivity contribution >= 4 is 12.0 Å². The molecule has 2 aromatic rings. The standard InChI is InChI=1S/C23H26N2O4/c1-3-4-14-28-22(26)20-16(2)24-23(27)25-21(20)18-10-12-19(13-11-18)29-15-17-8-6-5-7-9-17/h5-13,21H,3-4,14-15H2,1-2H3,(H2,24,25,27)/t21-/m1/s1. The van der Waals surface area contributed by atoms with Crippen LogP contribution in [0.3, 0.4) is 0 Å². The van der Waals surface area contributed by atoms with Crippen LogP contribution in [-0.4, -0.2) is 18.6 Å². The Morgan fingerprint density at radius 1 is 1.07 bits per heavy atom. The smallest absolute Gasteiger partial charge is 0.338 e. The molecule has 1 aliphatic rings. The molecule has 1 heterocycles. The van der Waals surface area contributed by atoms with Crippen LogP contribution >= 0.6 is 0 Å². The molecule has 29 heavy (non-hydrogen) atoms. The Kier molecular flexibility index (Phi) is 6.89. The number of rotatable bonds is 8. The maximum atomic E-state index is 12.6. The number of carbonyl (C=O) groups excluding carboxylic acids is 2. The van der Waals surface area contributed by atoms with Gasteiger partial charge in [0.25, 0.3) is 0 Å². The first-order chi connectivity index (χ1) is 14.1. The maximum absolute atomic E-state index is 12.6. The number of urea groups is 1. The van der Waals surface area contributed by atoms with Gasteiger partial charge in [-0.3, -0.25) is 0 Å². The van der Waals surface area contributed by atoms with Crippen LogP contribution in [0.5, 0.6) is 5.75 Å². The van der Waals surface area contributed by atoms with Gasteiger partial charge in [0.05, 0.1) is 18.2 Å². The van der Waals surface area contributed by atoms with E-state index in [9.17, 15) is 9.59 Å². The Morgan fingerprint density at radius 3 is 2.48 bits per heavy atom. The monoisotopic (exact) mass is 394 g/mol. The van der Waals surface area contributed by atoms with Gasteiger partial charge in [0, 0.05) is 5.70 Å². The largest absolute Gasteiger partial charge is 0.489 e. The number of allylic oxidation sites excluding steroid dienone is 1. The van der Waals surface area contributed by atoms with Gasteiger partial charge in [-0.25, -0.2) is 9.59 Å². The highest BCUT2D eigenvalue weighted by Crippen LogP contribution is 2.29. The van der Waals surface area contributed by atoms with Crippen LogP contribution in [0.1, 0.15) is 43.9 Å². The number of esters is 1. The van der Waals surface area contributed by atoms with Crippen molar-refractivity contribution in [3.05, 3.63) is 77.0 Å². The topological polar surface area (TPSA) is 76.7 Å². The molecule has 1 aliphatic heterocycles. The van der Waals surface area contributed by atoms with Crippen LogP contribution in [-0.2, 0) is 16.1 Å². The molecule has 0 bridgehead atoms. The van der Waals surface area contributed by atoms with E-state index in [2.05, 4.69) is 10.6 Å². The summed E-state index contributed by atoms with van der Waals surface area (Å²) in [4.78, 5) is 24.6. The Bertz CT molecular complexity index is 876. The predicted octanol–water partition coefficient (Wildman–Crippen LogP) is 4.24. The van der Waals surface area contributed by atoms with Crippen LogP contribution in [0.4, 0.5) is 4.79 Å². The molecule has 0 fully saturated rings. The molecule has 0 aliphatic carbocycles. The zero-order chi connectivity index (χ0) is 20.6. The fourth-order valence-electron chi connectivity index (χ4n) is 3.10. The van der Waals surface area contributed by atoms with E-state index in [1.807, 2.05) is 61.5 Å². The second kappa shape index (κ2) is 9.78. The van der Waals surface area contributed by atoms with Gasteiger partial charge >= 0.3 is 12.0 Å². The van der Waals surface area contributed by atoms with Crippen molar-refractivity contribution in [1.29, 1.82) is 0 Å². The van der Waals surface area contributed by atoms with Crippen LogP contribution < -0.4 is 15.4 Å². The molecule has 152 valence electrons. The first-order valence-electron chi connectivity index (χ1n) is 9.80. The number of hydrogen-bond donors (Lipinski definition) is 2. The highest BCUT2D eigenvalue weighted by Gasteiger charge is 2.32. The third kappa shape index (κ3) is 5.38. The van der Waals surface area contributed by atoms with Crippen molar-refractivity contribution in [2.24, 2.45) is 0 Å². The summed E-state index contributed by atoms with van der Waals surface area (Å²) in [5.41, 5.74) is 2.79. The summed E-state index contributed by atoms with van der Waals surface area (Å²) in [5, 5.41) is 5.47. The second-order valence-electron chi connectivity index (χ2n) is 6.90. The Hall–Kier alpha value is -3.28. The van der Waals surface area contributed by atoms with Gasteiger partial charge in [-0.05, 0) is 36.6 Å². The molecule has 2 aromatic carbocycles. The maximum Gasteiger partial charge on any atom is 0.338 e. The Morgan fingerprint density at radius 2 is 1.79 bits per heavy atom. The molecule has 0 saturated heterocycles. The van der Waals surface area contributed by atoms with Crippen LogP contribution in [0.15, 0.2) is 65.9 Å². The third-order valence-corrected chi connectivity index (χ3v) is 4.68. The molecular weight excluding hydrogens is 368 g/mol. The summed E-state index contributed by atoms with van der Waals surface area (Å²) in [6, 6.07) is 16.4. The summed E-state index contributed by atoms with van der Waals surface area (Å²) >= 11 is 0. The quantitative estimate of drug-likeness (QED) is 0.519. The van der Waals surface area contributed by atoms with Crippen molar-refractivity contribution < 1.29 is 19.1 Å². The molecule has 0 aromatic heterocycles. The van der Waals surface area contributed by atoms with Gasteiger partial charge in [-0.2, -0.15) is 0 Å². The molecule has 1 atom stereocenters. The second-order valence-corrected chi connectivity index (χ2v) is 6.90. The Labute approximate surface area is 170 Å². The Balaban J connectivity index is 1.73. The van der Waals surface area contributed by atoms with E-state index >= 15 is 0 Å². The zero-order valence-electron chi connectivity index (χ0n) is 16.7. The summed E-state index contributed by atoms with van der Waals surface area (Å²) in [6.07, 6.45) is 1.74. The fraction of sp³-hybridized carbons (Fsp3) is 0.304. The van der Waals surface area contributed by atoms with Crippen LogP contribution in [0.25, 0.3) is 0 Å². The lowest BCUT2D eigenvalue weighted by molar-refractivity contribution is -0.139. The molecule has 6 nitrogen and oxygen atoms in total. The van der Waals surface area contributed by atoms with Crippen molar-refractivity contribution in [3.63, 3.8) is 0 Å².